The van der Waals surface area contributed by atoms with Crippen LogP contribution in [0.2, 0.25) is 0 Å². The fraction of sp³-hybridized carbons (Fsp3) is 0.500. The number of rotatable bonds is 5. The average Bonchev–Trinajstić information content (AvgIpc) is 2.28. The van der Waals surface area contributed by atoms with Gasteiger partial charge in [0.2, 0.25) is 0 Å². The molecule has 0 amide bonds. The molecule has 0 fully saturated rings. The molecule has 1 aromatic rings. The van der Waals surface area contributed by atoms with Crippen molar-refractivity contribution >= 4 is 17.7 Å². The van der Waals surface area contributed by atoms with E-state index in [4.69, 9.17) is 0 Å². The van der Waals surface area contributed by atoms with Crippen LogP contribution in [0.1, 0.15) is 31.9 Å². The summed E-state index contributed by atoms with van der Waals surface area (Å²) in [5.74, 6) is -0.172. The van der Waals surface area contributed by atoms with Crippen molar-refractivity contribution in [3.63, 3.8) is 0 Å². The monoisotopic (exact) mass is 252 g/mol. The molecule has 17 heavy (non-hydrogen) atoms. The normalized spacial score (nSPS) is 14.6. The lowest BCUT2D eigenvalue weighted by atomic mass is 9.96. The van der Waals surface area contributed by atoms with Gasteiger partial charge < -0.3 is 5.11 Å². The molecule has 0 saturated carbocycles. The number of carboxylic acids is 1. The van der Waals surface area contributed by atoms with Gasteiger partial charge in [-0.1, -0.05) is 38.1 Å². The molecule has 0 radical (unpaired) electrons. The van der Waals surface area contributed by atoms with Gasteiger partial charge in [0.25, 0.3) is 0 Å². The summed E-state index contributed by atoms with van der Waals surface area (Å²) >= 11 is 1.35. The second kappa shape index (κ2) is 5.58. The largest absolute Gasteiger partial charge is 0.480 e. The van der Waals surface area contributed by atoms with Gasteiger partial charge in [-0.15, -0.1) is 11.8 Å². The Balaban J connectivity index is 2.97. The minimum atomic E-state index is -0.851. The highest BCUT2D eigenvalue weighted by Gasteiger charge is 2.34. The molecule has 0 saturated heterocycles. The highest BCUT2D eigenvalue weighted by atomic mass is 32.2. The van der Waals surface area contributed by atoms with E-state index in [1.807, 2.05) is 30.5 Å². The Morgan fingerprint density at radius 3 is 2.24 bits per heavy atom. The maximum Gasteiger partial charge on any atom is 0.324 e. The molecule has 1 aromatic carbocycles. The van der Waals surface area contributed by atoms with Crippen molar-refractivity contribution in [1.29, 1.82) is 0 Å². The predicted octanol–water partition coefficient (Wildman–Crippen LogP) is 3.55. The summed E-state index contributed by atoms with van der Waals surface area (Å²) in [6.45, 7) is 6.10. The molecule has 1 atom stereocenters. The maximum atomic E-state index is 11.3. The lowest BCUT2D eigenvalue weighted by molar-refractivity contribution is -0.139. The molecule has 0 aliphatic rings. The second-order valence-electron chi connectivity index (χ2n) is 4.84. The summed E-state index contributed by atoms with van der Waals surface area (Å²) < 4.78 is -0.851. The van der Waals surface area contributed by atoms with Crippen LogP contribution < -0.4 is 0 Å². The molecule has 94 valence electrons. The van der Waals surface area contributed by atoms with E-state index < -0.39 is 10.7 Å². The van der Waals surface area contributed by atoms with Gasteiger partial charge in [-0.3, -0.25) is 4.79 Å². The fourth-order valence-corrected chi connectivity index (χ4v) is 2.31. The highest BCUT2D eigenvalue weighted by Crippen LogP contribution is 2.34. The first-order valence-corrected chi connectivity index (χ1v) is 7.00. The molecule has 0 bridgehead atoms. The van der Waals surface area contributed by atoms with Crippen molar-refractivity contribution < 1.29 is 9.90 Å². The molecule has 0 aliphatic carbocycles. The summed E-state index contributed by atoms with van der Waals surface area (Å²) in [6, 6.07) is 7.93. The summed E-state index contributed by atoms with van der Waals surface area (Å²) in [7, 11) is 0. The van der Waals surface area contributed by atoms with Gasteiger partial charge in [0, 0.05) is 0 Å². The molecule has 1 N–H and O–H groups in total. The number of hydrogen-bond acceptors (Lipinski definition) is 2. The lowest BCUT2D eigenvalue weighted by Crippen LogP contribution is -2.28. The quantitative estimate of drug-likeness (QED) is 0.870. The minimum absolute atomic E-state index is 0.618. The van der Waals surface area contributed by atoms with E-state index in [1.54, 1.807) is 6.92 Å². The van der Waals surface area contributed by atoms with Crippen LogP contribution >= 0.6 is 11.8 Å². The van der Waals surface area contributed by atoms with E-state index >= 15 is 0 Å². The molecule has 1 unspecified atom stereocenters. The fourth-order valence-electron chi connectivity index (χ4n) is 1.76. The first-order chi connectivity index (χ1) is 7.90. The molecular weight excluding hydrogens is 232 g/mol. The third-order valence-corrected chi connectivity index (χ3v) is 4.19. The van der Waals surface area contributed by atoms with Crippen LogP contribution in [0.3, 0.4) is 0 Å². The third kappa shape index (κ3) is 3.25. The molecule has 1 rings (SSSR count). The van der Waals surface area contributed by atoms with E-state index in [0.29, 0.717) is 5.92 Å². The standard InChI is InChI=1S/C14H20O2S/c1-10(2)9-11-5-7-12(8-6-11)14(3,17-4)13(15)16/h5-8,10H,9H2,1-4H3,(H,15,16). The molecule has 0 spiro atoms. The molecule has 3 heteroatoms. The second-order valence-corrected chi connectivity index (χ2v) is 6.06. The van der Waals surface area contributed by atoms with E-state index in [0.717, 1.165) is 12.0 Å². The number of benzene rings is 1. The van der Waals surface area contributed by atoms with Crippen molar-refractivity contribution in [2.75, 3.05) is 6.26 Å². The topological polar surface area (TPSA) is 37.3 Å². The SMILES string of the molecule is CSC(C)(C(=O)O)c1ccc(CC(C)C)cc1. The van der Waals surface area contributed by atoms with Gasteiger partial charge in [-0.2, -0.15) is 0 Å². The Hall–Kier alpha value is -0.960. The van der Waals surface area contributed by atoms with Gasteiger partial charge in [0.1, 0.15) is 4.75 Å². The van der Waals surface area contributed by atoms with Gasteiger partial charge in [-0.25, -0.2) is 0 Å². The number of thioether (sulfide) groups is 1. The summed E-state index contributed by atoms with van der Waals surface area (Å²) in [4.78, 5) is 11.3. The number of aliphatic carboxylic acids is 1. The summed E-state index contributed by atoms with van der Waals surface area (Å²) in [5, 5.41) is 9.28. The van der Waals surface area contributed by atoms with Crippen molar-refractivity contribution in [3.05, 3.63) is 35.4 Å². The Morgan fingerprint density at radius 1 is 1.35 bits per heavy atom. The van der Waals surface area contributed by atoms with E-state index in [2.05, 4.69) is 13.8 Å². The van der Waals surface area contributed by atoms with Crippen molar-refractivity contribution in [2.24, 2.45) is 5.92 Å². The van der Waals surface area contributed by atoms with Crippen molar-refractivity contribution in [1.82, 2.24) is 0 Å². The number of hydrogen-bond donors (Lipinski definition) is 1. The number of carboxylic acid groups (broad SMARTS) is 1. The van der Waals surface area contributed by atoms with Gasteiger partial charge in [0.15, 0.2) is 0 Å². The molecule has 0 heterocycles. The molecule has 0 aromatic heterocycles. The van der Waals surface area contributed by atoms with Crippen molar-refractivity contribution in [3.8, 4) is 0 Å². The van der Waals surface area contributed by atoms with Gasteiger partial charge in [0.05, 0.1) is 0 Å². The zero-order valence-corrected chi connectivity index (χ0v) is 11.7. The zero-order valence-electron chi connectivity index (χ0n) is 10.9. The smallest absolute Gasteiger partial charge is 0.324 e. The Labute approximate surface area is 107 Å². The van der Waals surface area contributed by atoms with Crippen LogP contribution in [-0.2, 0) is 16.0 Å². The first kappa shape index (κ1) is 14.1. The molecular formula is C14H20O2S. The van der Waals surface area contributed by atoms with E-state index in [1.165, 1.54) is 17.3 Å². The van der Waals surface area contributed by atoms with Gasteiger partial charge in [-0.05, 0) is 36.6 Å². The summed E-state index contributed by atoms with van der Waals surface area (Å²) in [6.07, 6.45) is 2.86. The minimum Gasteiger partial charge on any atom is -0.480 e. The van der Waals surface area contributed by atoms with Crippen LogP contribution in [0, 0.1) is 5.92 Å². The Morgan fingerprint density at radius 2 is 1.88 bits per heavy atom. The van der Waals surface area contributed by atoms with E-state index in [9.17, 15) is 9.90 Å². The van der Waals surface area contributed by atoms with Crippen LogP contribution in [0.15, 0.2) is 24.3 Å². The van der Waals surface area contributed by atoms with Crippen molar-refractivity contribution in [2.45, 2.75) is 31.9 Å². The zero-order chi connectivity index (χ0) is 13.1. The maximum absolute atomic E-state index is 11.3. The van der Waals surface area contributed by atoms with E-state index in [-0.39, 0.29) is 0 Å². The highest BCUT2D eigenvalue weighted by molar-refractivity contribution is 8.00. The van der Waals surface area contributed by atoms with Crippen LogP contribution in [0.25, 0.3) is 0 Å². The lowest BCUT2D eigenvalue weighted by Gasteiger charge is -2.23. The Kier molecular flexibility index (Phi) is 4.63. The average molecular weight is 252 g/mol. The van der Waals surface area contributed by atoms with Crippen LogP contribution in [-0.4, -0.2) is 17.3 Å². The predicted molar refractivity (Wildman–Crippen MR) is 73.5 cm³/mol. The third-order valence-electron chi connectivity index (χ3n) is 2.97. The molecule has 0 aliphatic heterocycles. The van der Waals surface area contributed by atoms with Crippen LogP contribution in [0.5, 0.6) is 0 Å². The first-order valence-electron chi connectivity index (χ1n) is 5.78. The summed E-state index contributed by atoms with van der Waals surface area (Å²) in [5.41, 5.74) is 2.11. The van der Waals surface area contributed by atoms with Crippen LogP contribution in [0.4, 0.5) is 0 Å². The molecule has 2 nitrogen and oxygen atoms in total. The number of carbonyl (C=O) groups is 1. The Bertz CT molecular complexity index is 384. The van der Waals surface area contributed by atoms with Gasteiger partial charge >= 0.3 is 5.97 Å².